The van der Waals surface area contributed by atoms with Gasteiger partial charge in [-0.25, -0.2) is 4.79 Å². The minimum atomic E-state index is -1.04. The maximum absolute atomic E-state index is 12.1. The molecule has 2 rings (SSSR count). The minimum Gasteiger partial charge on any atom is -0.478 e. The molecule has 1 fully saturated rings. The summed E-state index contributed by atoms with van der Waals surface area (Å²) in [6.45, 7) is 3.48. The Balaban J connectivity index is 2.33. The van der Waals surface area contributed by atoms with E-state index in [1.54, 1.807) is 4.90 Å². The van der Waals surface area contributed by atoms with E-state index in [9.17, 15) is 14.7 Å². The Labute approximate surface area is 116 Å². The number of carbonyl (C=O) groups is 2. The number of likely N-dealkylation sites (N-methyl/N-ethyl adjacent to an activating group) is 1. The lowest BCUT2D eigenvalue weighted by Crippen LogP contribution is -2.54. The Morgan fingerprint density at radius 3 is 3.10 bits per heavy atom. The molecule has 1 aliphatic rings. The summed E-state index contributed by atoms with van der Waals surface area (Å²) < 4.78 is 5.33. The Kier molecular flexibility index (Phi) is 4.52. The van der Waals surface area contributed by atoms with Gasteiger partial charge < -0.3 is 20.1 Å². The van der Waals surface area contributed by atoms with Crippen LogP contribution in [-0.4, -0.2) is 54.3 Å². The smallest absolute Gasteiger partial charge is 0.337 e. The van der Waals surface area contributed by atoms with Gasteiger partial charge in [0, 0.05) is 19.3 Å². The van der Waals surface area contributed by atoms with Crippen LogP contribution in [0, 0.1) is 0 Å². The summed E-state index contributed by atoms with van der Waals surface area (Å²) in [6, 6.07) is 0.896. The van der Waals surface area contributed by atoms with E-state index in [1.807, 2.05) is 6.92 Å². The number of carboxylic acid groups (broad SMARTS) is 1. The van der Waals surface area contributed by atoms with Gasteiger partial charge in [-0.15, -0.1) is 0 Å². The van der Waals surface area contributed by atoms with Crippen LogP contribution >= 0.6 is 0 Å². The SMILES string of the molecule is CCNC(=O)C1COCCN1c1cnccc1C(=O)O. The van der Waals surface area contributed by atoms with Gasteiger partial charge in [-0.05, 0) is 13.0 Å². The number of amides is 1. The number of aromatic carboxylic acids is 1. The van der Waals surface area contributed by atoms with Crippen LogP contribution in [-0.2, 0) is 9.53 Å². The number of nitrogens with one attached hydrogen (secondary N) is 1. The van der Waals surface area contributed by atoms with Gasteiger partial charge in [0.15, 0.2) is 0 Å². The molecular formula is C13H17N3O4. The molecule has 1 aliphatic heterocycles. The summed E-state index contributed by atoms with van der Waals surface area (Å²) in [5.74, 6) is -1.21. The Bertz CT molecular complexity index is 506. The molecule has 0 aromatic carbocycles. The van der Waals surface area contributed by atoms with E-state index in [4.69, 9.17) is 4.74 Å². The van der Waals surface area contributed by atoms with E-state index in [1.165, 1.54) is 18.5 Å². The van der Waals surface area contributed by atoms with Crippen LogP contribution in [0.1, 0.15) is 17.3 Å². The molecule has 0 radical (unpaired) electrons. The number of nitrogens with zero attached hydrogens (tertiary/aromatic N) is 2. The molecule has 1 unspecified atom stereocenters. The third-order valence-corrected chi connectivity index (χ3v) is 3.12. The van der Waals surface area contributed by atoms with Crippen molar-refractivity contribution in [2.75, 3.05) is 31.2 Å². The van der Waals surface area contributed by atoms with Crippen LogP contribution in [0.3, 0.4) is 0 Å². The van der Waals surface area contributed by atoms with Gasteiger partial charge in [0.1, 0.15) is 6.04 Å². The fourth-order valence-electron chi connectivity index (χ4n) is 2.20. The average Bonchev–Trinajstić information content (AvgIpc) is 2.47. The molecule has 7 nitrogen and oxygen atoms in total. The van der Waals surface area contributed by atoms with Crippen molar-refractivity contribution in [1.29, 1.82) is 0 Å². The summed E-state index contributed by atoms with van der Waals surface area (Å²) in [5, 5.41) is 12.0. The van der Waals surface area contributed by atoms with E-state index in [2.05, 4.69) is 10.3 Å². The second kappa shape index (κ2) is 6.33. The fourth-order valence-corrected chi connectivity index (χ4v) is 2.20. The van der Waals surface area contributed by atoms with Gasteiger partial charge >= 0.3 is 5.97 Å². The number of rotatable bonds is 4. The van der Waals surface area contributed by atoms with E-state index in [0.29, 0.717) is 25.4 Å². The maximum atomic E-state index is 12.1. The molecular weight excluding hydrogens is 262 g/mol. The molecule has 1 atom stereocenters. The molecule has 1 amide bonds. The molecule has 1 saturated heterocycles. The molecule has 0 bridgehead atoms. The summed E-state index contributed by atoms with van der Waals surface area (Å²) in [6.07, 6.45) is 2.90. The number of morpholine rings is 1. The van der Waals surface area contributed by atoms with Crippen LogP contribution in [0.25, 0.3) is 0 Å². The summed E-state index contributed by atoms with van der Waals surface area (Å²) in [7, 11) is 0. The molecule has 1 aromatic rings. The van der Waals surface area contributed by atoms with Gasteiger partial charge in [-0.1, -0.05) is 0 Å². The average molecular weight is 279 g/mol. The second-order valence-electron chi connectivity index (χ2n) is 4.38. The number of carboxylic acids is 1. The van der Waals surface area contributed by atoms with Gasteiger partial charge in [-0.2, -0.15) is 0 Å². The Morgan fingerprint density at radius 1 is 1.60 bits per heavy atom. The first kappa shape index (κ1) is 14.3. The van der Waals surface area contributed by atoms with Crippen LogP contribution in [0.4, 0.5) is 5.69 Å². The second-order valence-corrected chi connectivity index (χ2v) is 4.38. The lowest BCUT2D eigenvalue weighted by atomic mass is 10.1. The van der Waals surface area contributed by atoms with E-state index in [-0.39, 0.29) is 18.1 Å². The summed E-state index contributed by atoms with van der Waals surface area (Å²) >= 11 is 0. The molecule has 0 aliphatic carbocycles. The van der Waals surface area contributed by atoms with E-state index < -0.39 is 12.0 Å². The molecule has 2 N–H and O–H groups in total. The third kappa shape index (κ3) is 2.88. The van der Waals surface area contributed by atoms with Crippen LogP contribution < -0.4 is 10.2 Å². The molecule has 2 heterocycles. The predicted molar refractivity (Wildman–Crippen MR) is 71.8 cm³/mol. The maximum Gasteiger partial charge on any atom is 0.337 e. The molecule has 7 heteroatoms. The number of carbonyl (C=O) groups excluding carboxylic acids is 1. The number of ether oxygens (including phenoxy) is 1. The van der Waals surface area contributed by atoms with Gasteiger partial charge in [-0.3, -0.25) is 9.78 Å². The van der Waals surface area contributed by atoms with Crippen molar-refractivity contribution in [3.8, 4) is 0 Å². The Morgan fingerprint density at radius 2 is 2.40 bits per heavy atom. The lowest BCUT2D eigenvalue weighted by molar-refractivity contribution is -0.124. The number of hydrogen-bond acceptors (Lipinski definition) is 5. The van der Waals surface area contributed by atoms with Crippen molar-refractivity contribution in [3.63, 3.8) is 0 Å². The van der Waals surface area contributed by atoms with Crippen molar-refractivity contribution in [2.24, 2.45) is 0 Å². The number of pyridine rings is 1. The van der Waals surface area contributed by atoms with Crippen molar-refractivity contribution >= 4 is 17.6 Å². The Hall–Kier alpha value is -2.15. The largest absolute Gasteiger partial charge is 0.478 e. The van der Waals surface area contributed by atoms with Gasteiger partial charge in [0.05, 0.1) is 30.7 Å². The summed E-state index contributed by atoms with van der Waals surface area (Å²) in [5.41, 5.74) is 0.579. The topological polar surface area (TPSA) is 91.8 Å². The summed E-state index contributed by atoms with van der Waals surface area (Å²) in [4.78, 5) is 29.0. The zero-order valence-corrected chi connectivity index (χ0v) is 11.2. The monoisotopic (exact) mass is 279 g/mol. The number of aromatic nitrogens is 1. The zero-order chi connectivity index (χ0) is 14.5. The standard InChI is InChI=1S/C13H17N3O4/c1-2-15-12(17)11-8-20-6-5-16(11)10-7-14-4-3-9(10)13(18)19/h3-4,7,11H,2,5-6,8H2,1H3,(H,15,17)(H,18,19). The highest BCUT2D eigenvalue weighted by Gasteiger charge is 2.31. The van der Waals surface area contributed by atoms with Crippen molar-refractivity contribution < 1.29 is 19.4 Å². The van der Waals surface area contributed by atoms with Crippen molar-refractivity contribution in [1.82, 2.24) is 10.3 Å². The lowest BCUT2D eigenvalue weighted by Gasteiger charge is -2.36. The molecule has 20 heavy (non-hydrogen) atoms. The first-order chi connectivity index (χ1) is 9.65. The van der Waals surface area contributed by atoms with Crippen LogP contribution in [0.5, 0.6) is 0 Å². The van der Waals surface area contributed by atoms with Crippen molar-refractivity contribution in [3.05, 3.63) is 24.0 Å². The minimum absolute atomic E-state index is 0.135. The van der Waals surface area contributed by atoms with Crippen LogP contribution in [0.2, 0.25) is 0 Å². The van der Waals surface area contributed by atoms with E-state index in [0.717, 1.165) is 0 Å². The highest BCUT2D eigenvalue weighted by atomic mass is 16.5. The number of hydrogen-bond donors (Lipinski definition) is 2. The van der Waals surface area contributed by atoms with Gasteiger partial charge in [0.2, 0.25) is 5.91 Å². The van der Waals surface area contributed by atoms with E-state index >= 15 is 0 Å². The van der Waals surface area contributed by atoms with Crippen LogP contribution in [0.15, 0.2) is 18.5 Å². The normalized spacial score (nSPS) is 18.6. The highest BCUT2D eigenvalue weighted by molar-refractivity contribution is 5.95. The fraction of sp³-hybridized carbons (Fsp3) is 0.462. The predicted octanol–water partition coefficient (Wildman–Crippen LogP) is 0.121. The number of anilines is 1. The molecule has 1 aromatic heterocycles. The van der Waals surface area contributed by atoms with Crippen molar-refractivity contribution in [2.45, 2.75) is 13.0 Å². The van der Waals surface area contributed by atoms with Gasteiger partial charge in [0.25, 0.3) is 0 Å². The molecule has 0 saturated carbocycles. The zero-order valence-electron chi connectivity index (χ0n) is 11.2. The first-order valence-corrected chi connectivity index (χ1v) is 6.44. The molecule has 108 valence electrons. The first-order valence-electron chi connectivity index (χ1n) is 6.44. The quantitative estimate of drug-likeness (QED) is 0.813. The third-order valence-electron chi connectivity index (χ3n) is 3.12. The molecule has 0 spiro atoms. The highest BCUT2D eigenvalue weighted by Crippen LogP contribution is 2.23.